The van der Waals surface area contributed by atoms with Crippen LogP contribution in [0, 0.1) is 0 Å². The highest BCUT2D eigenvalue weighted by atomic mass is 32.1. The summed E-state index contributed by atoms with van der Waals surface area (Å²) in [6.07, 6.45) is -0.877. The maximum atomic E-state index is 12.1. The largest absolute Gasteiger partial charge is 0.493 e. The van der Waals surface area contributed by atoms with E-state index in [1.54, 1.807) is 43.2 Å². The third-order valence-electron chi connectivity index (χ3n) is 3.32. The molecule has 0 radical (unpaired) electrons. The highest BCUT2D eigenvalue weighted by Crippen LogP contribution is 2.27. The van der Waals surface area contributed by atoms with E-state index in [-0.39, 0.29) is 5.91 Å². The zero-order chi connectivity index (χ0) is 17.5. The van der Waals surface area contributed by atoms with Gasteiger partial charge < -0.3 is 19.5 Å². The van der Waals surface area contributed by atoms with Gasteiger partial charge in [0.15, 0.2) is 17.6 Å². The monoisotopic (exact) mass is 349 g/mol. The number of hydrogen-bond donors (Lipinski definition) is 1. The van der Waals surface area contributed by atoms with Gasteiger partial charge in [0.25, 0.3) is 5.91 Å². The number of nitrogens with one attached hydrogen (secondary N) is 1. The molecule has 0 aliphatic carbocycles. The van der Waals surface area contributed by atoms with Crippen molar-refractivity contribution in [3.05, 3.63) is 46.2 Å². The van der Waals surface area contributed by atoms with E-state index in [0.29, 0.717) is 23.6 Å². The first kappa shape index (κ1) is 17.8. The molecule has 1 aromatic heterocycles. The molecule has 7 heteroatoms. The van der Waals surface area contributed by atoms with Crippen molar-refractivity contribution in [2.24, 2.45) is 0 Å². The molecule has 0 fully saturated rings. The molecule has 2 rings (SSSR count). The minimum absolute atomic E-state index is 0.291. The van der Waals surface area contributed by atoms with Crippen molar-refractivity contribution in [2.75, 3.05) is 14.2 Å². The third kappa shape index (κ3) is 4.48. The molecule has 1 heterocycles. The highest BCUT2D eigenvalue weighted by Gasteiger charge is 2.19. The first-order chi connectivity index (χ1) is 11.5. The summed E-state index contributed by atoms with van der Waals surface area (Å²) in [6, 6.07) is 7.02. The Balaban J connectivity index is 1.89. The number of methoxy groups -OCH3 is 2. The molecule has 0 aliphatic rings. The first-order valence-corrected chi connectivity index (χ1v) is 8.21. The third-order valence-corrected chi connectivity index (χ3v) is 4.01. The maximum absolute atomic E-state index is 12.1. The Bertz CT molecular complexity index is 699. The van der Waals surface area contributed by atoms with Gasteiger partial charge in [-0.1, -0.05) is 6.07 Å². The fraction of sp³-hybridized carbons (Fsp3) is 0.294. The molecule has 0 saturated carbocycles. The van der Waals surface area contributed by atoms with Crippen molar-refractivity contribution in [1.82, 2.24) is 5.32 Å². The van der Waals surface area contributed by atoms with Crippen molar-refractivity contribution in [2.45, 2.75) is 19.6 Å². The van der Waals surface area contributed by atoms with Crippen LogP contribution in [0.2, 0.25) is 0 Å². The van der Waals surface area contributed by atoms with Gasteiger partial charge in [-0.25, -0.2) is 4.79 Å². The van der Waals surface area contributed by atoms with Gasteiger partial charge in [0.1, 0.15) is 0 Å². The van der Waals surface area contributed by atoms with E-state index >= 15 is 0 Å². The molecule has 6 nitrogen and oxygen atoms in total. The molecule has 1 amide bonds. The van der Waals surface area contributed by atoms with Gasteiger partial charge >= 0.3 is 5.97 Å². The summed E-state index contributed by atoms with van der Waals surface area (Å²) in [6.45, 7) is 1.83. The van der Waals surface area contributed by atoms with Crippen LogP contribution in [0.3, 0.4) is 0 Å². The van der Waals surface area contributed by atoms with Crippen LogP contribution in [-0.2, 0) is 16.1 Å². The van der Waals surface area contributed by atoms with Gasteiger partial charge in [-0.3, -0.25) is 4.79 Å². The number of amides is 1. The number of carbonyl (C=O) groups excluding carboxylic acids is 2. The maximum Gasteiger partial charge on any atom is 0.339 e. The predicted molar refractivity (Wildman–Crippen MR) is 90.6 cm³/mol. The quantitative estimate of drug-likeness (QED) is 0.778. The van der Waals surface area contributed by atoms with Crippen LogP contribution >= 0.6 is 11.3 Å². The molecule has 0 unspecified atom stereocenters. The molecule has 1 aromatic carbocycles. The zero-order valence-electron chi connectivity index (χ0n) is 13.7. The zero-order valence-corrected chi connectivity index (χ0v) is 14.5. The summed E-state index contributed by atoms with van der Waals surface area (Å²) in [4.78, 5) is 23.9. The Kier molecular flexibility index (Phi) is 6.20. The number of benzene rings is 1. The van der Waals surface area contributed by atoms with Crippen LogP contribution in [0.25, 0.3) is 0 Å². The van der Waals surface area contributed by atoms with Crippen LogP contribution in [0.1, 0.15) is 22.8 Å². The van der Waals surface area contributed by atoms with Gasteiger partial charge in [0, 0.05) is 11.9 Å². The van der Waals surface area contributed by atoms with E-state index in [0.717, 1.165) is 5.56 Å². The fourth-order valence-corrected chi connectivity index (χ4v) is 2.61. The Morgan fingerprint density at radius 2 is 1.92 bits per heavy atom. The summed E-state index contributed by atoms with van der Waals surface area (Å²) in [5, 5.41) is 6.18. The molecule has 1 N–H and O–H groups in total. The number of hydrogen-bond acceptors (Lipinski definition) is 6. The van der Waals surface area contributed by atoms with Crippen LogP contribution in [0.4, 0.5) is 0 Å². The summed E-state index contributed by atoms with van der Waals surface area (Å²) >= 11 is 1.39. The van der Waals surface area contributed by atoms with E-state index in [1.165, 1.54) is 18.3 Å². The molecule has 1 atom stereocenters. The van der Waals surface area contributed by atoms with E-state index in [9.17, 15) is 9.59 Å². The lowest BCUT2D eigenvalue weighted by molar-refractivity contribution is -0.129. The minimum Gasteiger partial charge on any atom is -0.493 e. The predicted octanol–water partition coefficient (Wildman–Crippen LogP) is 2.63. The molecule has 0 spiro atoms. The van der Waals surface area contributed by atoms with Crippen molar-refractivity contribution >= 4 is 23.2 Å². The lowest BCUT2D eigenvalue weighted by atomic mass is 10.2. The lowest BCUT2D eigenvalue weighted by Crippen LogP contribution is -2.35. The second kappa shape index (κ2) is 8.35. The molecule has 0 aliphatic heterocycles. The first-order valence-electron chi connectivity index (χ1n) is 7.27. The number of ether oxygens (including phenoxy) is 3. The van der Waals surface area contributed by atoms with Crippen LogP contribution in [-0.4, -0.2) is 32.2 Å². The summed E-state index contributed by atoms with van der Waals surface area (Å²) in [7, 11) is 3.11. The normalized spacial score (nSPS) is 11.5. The smallest absolute Gasteiger partial charge is 0.339 e. The molecule has 0 saturated heterocycles. The molecular weight excluding hydrogens is 330 g/mol. The summed E-state index contributed by atoms with van der Waals surface area (Å²) < 4.78 is 15.5. The van der Waals surface area contributed by atoms with E-state index < -0.39 is 12.1 Å². The Morgan fingerprint density at radius 1 is 1.17 bits per heavy atom. The molecule has 128 valence electrons. The average molecular weight is 349 g/mol. The fourth-order valence-electron chi connectivity index (χ4n) is 1.99. The molecular formula is C17H19NO5S. The number of rotatable bonds is 7. The molecule has 0 bridgehead atoms. The SMILES string of the molecule is COc1ccc(CNC(=O)[C@H](C)OC(=O)c2ccsc2)cc1OC. The van der Waals surface area contributed by atoms with E-state index in [4.69, 9.17) is 14.2 Å². The number of thiophene rings is 1. The standard InChI is InChI=1S/C17H19NO5S/c1-11(23-17(20)13-6-7-24-10-13)16(19)18-9-12-4-5-14(21-2)15(8-12)22-3/h4-8,10-11H,9H2,1-3H3,(H,18,19)/t11-/m0/s1. The minimum atomic E-state index is -0.877. The van der Waals surface area contributed by atoms with E-state index in [1.807, 2.05) is 6.07 Å². The Morgan fingerprint density at radius 3 is 2.54 bits per heavy atom. The summed E-state index contributed by atoms with van der Waals surface area (Å²) in [5.74, 6) is 0.324. The number of esters is 1. The Labute approximate surface area is 144 Å². The summed E-state index contributed by atoms with van der Waals surface area (Å²) in [5.41, 5.74) is 1.29. The second-order valence-corrected chi connectivity index (χ2v) is 5.75. The van der Waals surface area contributed by atoms with Gasteiger partial charge in [0.05, 0.1) is 19.8 Å². The molecule has 2 aromatic rings. The number of carbonyl (C=O) groups is 2. The topological polar surface area (TPSA) is 73.9 Å². The van der Waals surface area contributed by atoms with Crippen LogP contribution in [0.15, 0.2) is 35.0 Å². The van der Waals surface area contributed by atoms with Crippen molar-refractivity contribution in [1.29, 1.82) is 0 Å². The molecule has 24 heavy (non-hydrogen) atoms. The Hall–Kier alpha value is -2.54. The lowest BCUT2D eigenvalue weighted by Gasteiger charge is -2.14. The van der Waals surface area contributed by atoms with E-state index in [2.05, 4.69) is 5.32 Å². The van der Waals surface area contributed by atoms with Crippen LogP contribution in [0.5, 0.6) is 11.5 Å². The van der Waals surface area contributed by atoms with Crippen molar-refractivity contribution < 1.29 is 23.8 Å². The van der Waals surface area contributed by atoms with Gasteiger partial charge in [0.2, 0.25) is 0 Å². The van der Waals surface area contributed by atoms with Crippen molar-refractivity contribution in [3.8, 4) is 11.5 Å². The van der Waals surface area contributed by atoms with Gasteiger partial charge in [-0.05, 0) is 36.1 Å². The average Bonchev–Trinajstić information content (AvgIpc) is 3.13. The van der Waals surface area contributed by atoms with Crippen LogP contribution < -0.4 is 14.8 Å². The second-order valence-electron chi connectivity index (χ2n) is 4.97. The van der Waals surface area contributed by atoms with Gasteiger partial charge in [-0.15, -0.1) is 0 Å². The van der Waals surface area contributed by atoms with Crippen molar-refractivity contribution in [3.63, 3.8) is 0 Å². The van der Waals surface area contributed by atoms with Gasteiger partial charge in [-0.2, -0.15) is 11.3 Å². The highest BCUT2D eigenvalue weighted by molar-refractivity contribution is 7.08.